The van der Waals surface area contributed by atoms with E-state index in [2.05, 4.69) is 11.1 Å². The van der Waals surface area contributed by atoms with E-state index in [1.807, 2.05) is 25.1 Å². The van der Waals surface area contributed by atoms with E-state index in [1.54, 1.807) is 16.7 Å². The Morgan fingerprint density at radius 3 is 2.81 bits per heavy atom. The van der Waals surface area contributed by atoms with Crippen LogP contribution in [0, 0.1) is 6.92 Å². The van der Waals surface area contributed by atoms with Gasteiger partial charge in [-0.15, -0.1) is 0 Å². The van der Waals surface area contributed by atoms with Crippen molar-refractivity contribution in [2.24, 2.45) is 0 Å². The molecule has 8 nitrogen and oxygen atoms in total. The van der Waals surface area contributed by atoms with Crippen molar-refractivity contribution in [1.82, 2.24) is 14.8 Å². The number of amides is 2. The number of oxazole rings is 1. The molecule has 0 bridgehead atoms. The fraction of sp³-hybridized carbons (Fsp3) is 0.542. The Bertz CT molecular complexity index is 959. The molecule has 0 saturated carbocycles. The van der Waals surface area contributed by atoms with Crippen molar-refractivity contribution >= 4 is 11.8 Å². The number of hydrogen-bond donors (Lipinski definition) is 0. The molecule has 2 amide bonds. The average molecular weight is 442 g/mol. The first kappa shape index (κ1) is 22.3. The molecule has 1 aromatic heterocycles. The number of para-hydroxylation sites is 1. The first-order valence-electron chi connectivity index (χ1n) is 11.4. The number of aromatic nitrogens is 1. The zero-order valence-corrected chi connectivity index (χ0v) is 18.8. The van der Waals surface area contributed by atoms with Gasteiger partial charge >= 0.3 is 0 Å². The summed E-state index contributed by atoms with van der Waals surface area (Å²) in [5, 5.41) is 0. The highest BCUT2D eigenvalue weighted by atomic mass is 16.5. The van der Waals surface area contributed by atoms with E-state index in [0.29, 0.717) is 45.2 Å². The molecule has 2 aromatic rings. The van der Waals surface area contributed by atoms with Gasteiger partial charge in [0.25, 0.3) is 11.8 Å². The van der Waals surface area contributed by atoms with E-state index in [0.717, 1.165) is 25.0 Å². The lowest BCUT2D eigenvalue weighted by molar-refractivity contribution is -0.170. The Balaban J connectivity index is 1.56. The number of aryl methyl sites for hydroxylation is 2. The lowest BCUT2D eigenvalue weighted by Crippen LogP contribution is -2.62. The lowest BCUT2D eigenvalue weighted by Gasteiger charge is -2.43. The van der Waals surface area contributed by atoms with Gasteiger partial charge in [-0.25, -0.2) is 4.98 Å². The van der Waals surface area contributed by atoms with Gasteiger partial charge in [-0.1, -0.05) is 18.2 Å². The van der Waals surface area contributed by atoms with Crippen molar-refractivity contribution in [3.05, 3.63) is 47.7 Å². The van der Waals surface area contributed by atoms with Gasteiger partial charge < -0.3 is 23.7 Å². The predicted molar refractivity (Wildman–Crippen MR) is 118 cm³/mol. The summed E-state index contributed by atoms with van der Waals surface area (Å²) in [6, 6.07) is 8.08. The first-order valence-corrected chi connectivity index (χ1v) is 11.4. The van der Waals surface area contributed by atoms with Crippen molar-refractivity contribution in [3.8, 4) is 5.75 Å². The highest BCUT2D eigenvalue weighted by Crippen LogP contribution is 2.30. The number of likely N-dealkylation sites (N-methyl/N-ethyl adjacent to an activating group) is 1. The summed E-state index contributed by atoms with van der Waals surface area (Å²) in [5.74, 6) is 1.02. The Morgan fingerprint density at radius 2 is 2.03 bits per heavy atom. The summed E-state index contributed by atoms with van der Waals surface area (Å²) < 4.78 is 17.4. The van der Waals surface area contributed by atoms with E-state index in [-0.39, 0.29) is 24.1 Å². The van der Waals surface area contributed by atoms with Crippen molar-refractivity contribution < 1.29 is 23.5 Å². The van der Waals surface area contributed by atoms with Crippen molar-refractivity contribution in [1.29, 1.82) is 0 Å². The lowest BCUT2D eigenvalue weighted by atomic mass is 9.91. The fourth-order valence-corrected chi connectivity index (χ4v) is 4.50. The number of carbonyl (C=O) groups excluding carboxylic acids is 2. The molecular weight excluding hydrogens is 410 g/mol. The fourth-order valence-electron chi connectivity index (χ4n) is 4.50. The molecule has 1 fully saturated rings. The van der Waals surface area contributed by atoms with Crippen LogP contribution in [0.1, 0.15) is 48.1 Å². The molecule has 0 aliphatic carbocycles. The van der Waals surface area contributed by atoms with Gasteiger partial charge in [0.05, 0.1) is 19.7 Å². The van der Waals surface area contributed by atoms with Crippen LogP contribution < -0.4 is 4.74 Å². The van der Waals surface area contributed by atoms with E-state index < -0.39 is 5.60 Å². The molecule has 8 heteroatoms. The molecule has 0 N–H and O–H groups in total. The van der Waals surface area contributed by atoms with Crippen LogP contribution in [0.15, 0.2) is 34.9 Å². The van der Waals surface area contributed by atoms with Gasteiger partial charge in [0.2, 0.25) is 0 Å². The minimum atomic E-state index is -1.05. The van der Waals surface area contributed by atoms with Crippen molar-refractivity contribution in [2.45, 2.75) is 45.1 Å². The molecule has 4 rings (SSSR count). The second-order valence-electron chi connectivity index (χ2n) is 8.37. The zero-order chi connectivity index (χ0) is 22.6. The Kier molecular flexibility index (Phi) is 6.79. The molecule has 1 spiro atoms. The molecule has 172 valence electrons. The van der Waals surface area contributed by atoms with Gasteiger partial charge in [-0.2, -0.15) is 0 Å². The number of benzene rings is 1. The molecule has 2 aliphatic rings. The quantitative estimate of drug-likeness (QED) is 0.713. The molecule has 1 aromatic carbocycles. The second kappa shape index (κ2) is 9.73. The molecule has 1 unspecified atom stereocenters. The van der Waals surface area contributed by atoms with Crippen molar-refractivity contribution in [2.75, 3.05) is 39.4 Å². The van der Waals surface area contributed by atoms with Crippen LogP contribution in [-0.4, -0.2) is 71.6 Å². The number of morpholine rings is 1. The number of fused-ring (bicyclic) bond motifs is 1. The predicted octanol–water partition coefficient (Wildman–Crippen LogP) is 2.85. The molecule has 1 atom stereocenters. The van der Waals surface area contributed by atoms with E-state index in [9.17, 15) is 9.59 Å². The Hall–Kier alpha value is -2.87. The minimum Gasteiger partial charge on any atom is -0.491 e. The van der Waals surface area contributed by atoms with Crippen LogP contribution in [0.25, 0.3) is 0 Å². The van der Waals surface area contributed by atoms with Crippen LogP contribution >= 0.6 is 0 Å². The summed E-state index contributed by atoms with van der Waals surface area (Å²) >= 11 is 0. The highest BCUT2D eigenvalue weighted by molar-refractivity contribution is 5.93. The zero-order valence-electron chi connectivity index (χ0n) is 18.8. The van der Waals surface area contributed by atoms with Gasteiger partial charge in [0.1, 0.15) is 18.6 Å². The van der Waals surface area contributed by atoms with E-state index in [4.69, 9.17) is 13.9 Å². The Labute approximate surface area is 188 Å². The largest absolute Gasteiger partial charge is 0.491 e. The standard InChI is InChI=1S/C24H31N3O5/c1-3-26-12-14-30-21-10-5-4-8-19(21)9-6-7-11-24(23(26)29)17-27(13-15-32-24)22(28)20-16-31-18(2)25-20/h4-5,8,10,16H,3,6-7,9,11-15,17H2,1-2H3. The SMILES string of the molecule is CCN1CCOc2ccccc2CCCCC2(CN(C(=O)c3coc(C)n3)CCO2)C1=O. The van der Waals surface area contributed by atoms with E-state index >= 15 is 0 Å². The first-order chi connectivity index (χ1) is 15.5. The smallest absolute Gasteiger partial charge is 0.276 e. The summed E-state index contributed by atoms with van der Waals surface area (Å²) in [7, 11) is 0. The number of carbonyl (C=O) groups is 2. The molecule has 3 heterocycles. The van der Waals surface area contributed by atoms with Crippen LogP contribution in [0.2, 0.25) is 0 Å². The Morgan fingerprint density at radius 1 is 1.19 bits per heavy atom. The van der Waals surface area contributed by atoms with E-state index in [1.165, 1.54) is 11.8 Å². The van der Waals surface area contributed by atoms with Gasteiger partial charge in [0, 0.05) is 20.0 Å². The number of ether oxygens (including phenoxy) is 2. The third-order valence-electron chi connectivity index (χ3n) is 6.24. The van der Waals surface area contributed by atoms with Crippen LogP contribution in [0.4, 0.5) is 0 Å². The van der Waals surface area contributed by atoms with Gasteiger partial charge in [0.15, 0.2) is 17.2 Å². The van der Waals surface area contributed by atoms with Crippen LogP contribution in [0.3, 0.4) is 0 Å². The van der Waals surface area contributed by atoms with Crippen LogP contribution in [0.5, 0.6) is 5.75 Å². The third-order valence-corrected chi connectivity index (χ3v) is 6.24. The second-order valence-corrected chi connectivity index (χ2v) is 8.37. The third kappa shape index (κ3) is 4.65. The van der Waals surface area contributed by atoms with Crippen LogP contribution in [-0.2, 0) is 16.0 Å². The molecule has 1 saturated heterocycles. The number of nitrogens with zero attached hydrogens (tertiary/aromatic N) is 3. The number of rotatable bonds is 2. The summed E-state index contributed by atoms with van der Waals surface area (Å²) in [6.45, 7) is 6.02. The maximum Gasteiger partial charge on any atom is 0.276 e. The maximum atomic E-state index is 13.7. The summed E-state index contributed by atoms with van der Waals surface area (Å²) in [6.07, 6.45) is 4.52. The number of hydrogen-bond acceptors (Lipinski definition) is 6. The monoisotopic (exact) mass is 441 g/mol. The summed E-state index contributed by atoms with van der Waals surface area (Å²) in [5.41, 5.74) is 0.387. The molecule has 32 heavy (non-hydrogen) atoms. The minimum absolute atomic E-state index is 0.0775. The van der Waals surface area contributed by atoms with Gasteiger partial charge in [-0.05, 0) is 44.2 Å². The topological polar surface area (TPSA) is 85.1 Å². The van der Waals surface area contributed by atoms with Gasteiger partial charge in [-0.3, -0.25) is 9.59 Å². The molecule has 2 aliphatic heterocycles. The molecular formula is C24H31N3O5. The average Bonchev–Trinajstić information content (AvgIpc) is 3.25. The maximum absolute atomic E-state index is 13.7. The van der Waals surface area contributed by atoms with Crippen molar-refractivity contribution in [3.63, 3.8) is 0 Å². The summed E-state index contributed by atoms with van der Waals surface area (Å²) in [4.78, 5) is 34.3. The normalized spacial score (nSPS) is 22.6. The molecule has 0 radical (unpaired) electrons. The highest BCUT2D eigenvalue weighted by Gasteiger charge is 2.46.